The van der Waals surface area contributed by atoms with E-state index in [1.807, 2.05) is 48.5 Å². The zero-order valence-electron chi connectivity index (χ0n) is 23.1. The second-order valence-corrected chi connectivity index (χ2v) is 11.9. The van der Waals surface area contributed by atoms with Gasteiger partial charge < -0.3 is 20.1 Å². The number of ether oxygens (including phenoxy) is 2. The van der Waals surface area contributed by atoms with E-state index in [9.17, 15) is 4.79 Å². The zero-order chi connectivity index (χ0) is 27.7. The first-order chi connectivity index (χ1) is 20.1. The number of hydrogen-bond donors (Lipinski definition) is 2. The lowest BCUT2D eigenvalue weighted by atomic mass is 9.87. The van der Waals surface area contributed by atoms with Gasteiger partial charge in [-0.15, -0.1) is 0 Å². The Morgan fingerprint density at radius 2 is 1.90 bits per heavy atom. The minimum Gasteiger partial charge on any atom is -0.455 e. The second kappa shape index (κ2) is 10.8. The number of aromatic nitrogens is 2. The van der Waals surface area contributed by atoms with Crippen LogP contribution in [0.3, 0.4) is 0 Å². The monoisotopic (exact) mass is 549 g/mol. The molecule has 3 aliphatic rings. The number of likely N-dealkylation sites (tertiary alicyclic amines) is 1. The van der Waals surface area contributed by atoms with E-state index in [1.54, 1.807) is 12.4 Å². The quantitative estimate of drug-likeness (QED) is 0.270. The van der Waals surface area contributed by atoms with Crippen molar-refractivity contribution in [2.24, 2.45) is 10.8 Å². The van der Waals surface area contributed by atoms with Crippen LogP contribution >= 0.6 is 0 Å². The van der Waals surface area contributed by atoms with Gasteiger partial charge in [0.25, 0.3) is 0 Å². The third-order valence-corrected chi connectivity index (χ3v) is 8.81. The van der Waals surface area contributed by atoms with Gasteiger partial charge in [-0.25, -0.2) is 4.98 Å². The molecule has 8 nitrogen and oxygen atoms in total. The van der Waals surface area contributed by atoms with Gasteiger partial charge in [-0.2, -0.15) is 0 Å². The molecular formula is C33H35N5O3. The predicted octanol–water partition coefficient (Wildman–Crippen LogP) is 5.87. The molecular weight excluding hydrogens is 514 g/mol. The Balaban J connectivity index is 0.964. The van der Waals surface area contributed by atoms with Crippen molar-refractivity contribution in [3.05, 3.63) is 84.7 Å². The van der Waals surface area contributed by atoms with Crippen molar-refractivity contribution >= 4 is 28.3 Å². The minimum absolute atomic E-state index is 0.0524. The number of hydrogen-bond acceptors (Lipinski definition) is 7. The van der Waals surface area contributed by atoms with Gasteiger partial charge in [-0.3, -0.25) is 14.7 Å². The summed E-state index contributed by atoms with van der Waals surface area (Å²) in [6.07, 6.45) is 7.64. The number of carbonyl (C=O) groups is 1. The van der Waals surface area contributed by atoms with Crippen molar-refractivity contribution in [3.63, 3.8) is 0 Å². The molecule has 2 aliphatic heterocycles. The topological polar surface area (TPSA) is 88.6 Å². The molecule has 1 aliphatic carbocycles. The SMILES string of the molecule is O=C(Nc1ccccc1)C1(CNc2ccc(Oc3ccnc4cc(CN5CCC6(CCOC6)C5)ccc34)cn2)CC1. The molecule has 2 N–H and O–H groups in total. The van der Waals surface area contributed by atoms with E-state index >= 15 is 0 Å². The Kier molecular flexibility index (Phi) is 6.80. The average molecular weight is 550 g/mol. The molecule has 1 spiro atoms. The number of para-hydroxylation sites is 1. The fourth-order valence-electron chi connectivity index (χ4n) is 6.10. The van der Waals surface area contributed by atoms with Crippen LogP contribution in [0.2, 0.25) is 0 Å². The number of benzene rings is 2. The maximum Gasteiger partial charge on any atom is 0.232 e. The minimum atomic E-state index is -0.386. The maximum atomic E-state index is 12.8. The highest BCUT2D eigenvalue weighted by Gasteiger charge is 2.49. The number of carbonyl (C=O) groups excluding carboxylic acids is 1. The Labute approximate surface area is 240 Å². The lowest BCUT2D eigenvalue weighted by Crippen LogP contribution is -2.30. The highest BCUT2D eigenvalue weighted by atomic mass is 16.5. The molecule has 210 valence electrons. The van der Waals surface area contributed by atoms with E-state index in [0.717, 1.165) is 68.0 Å². The first-order valence-electron chi connectivity index (χ1n) is 14.5. The number of amides is 1. The highest BCUT2D eigenvalue weighted by Crippen LogP contribution is 2.46. The van der Waals surface area contributed by atoms with Crippen molar-refractivity contribution in [2.75, 3.05) is 43.5 Å². The van der Waals surface area contributed by atoms with Crippen molar-refractivity contribution in [2.45, 2.75) is 32.2 Å². The van der Waals surface area contributed by atoms with E-state index < -0.39 is 0 Å². The highest BCUT2D eigenvalue weighted by molar-refractivity contribution is 5.97. The van der Waals surface area contributed by atoms with Crippen LogP contribution in [0.1, 0.15) is 31.2 Å². The van der Waals surface area contributed by atoms with E-state index in [2.05, 4.69) is 43.7 Å². The molecule has 2 aromatic carbocycles. The molecule has 3 fully saturated rings. The smallest absolute Gasteiger partial charge is 0.232 e. The van der Waals surface area contributed by atoms with Crippen LogP contribution in [0, 0.1) is 10.8 Å². The van der Waals surface area contributed by atoms with Gasteiger partial charge in [0.2, 0.25) is 5.91 Å². The van der Waals surface area contributed by atoms with E-state index in [1.165, 1.54) is 18.4 Å². The molecule has 1 unspecified atom stereocenters. The van der Waals surface area contributed by atoms with Gasteiger partial charge in [0, 0.05) is 48.9 Å². The summed E-state index contributed by atoms with van der Waals surface area (Å²) in [4.78, 5) is 24.5. The Bertz CT molecular complexity index is 1530. The van der Waals surface area contributed by atoms with Crippen molar-refractivity contribution in [1.29, 1.82) is 0 Å². The Morgan fingerprint density at radius 3 is 2.68 bits per heavy atom. The summed E-state index contributed by atoms with van der Waals surface area (Å²) in [5.74, 6) is 2.17. The van der Waals surface area contributed by atoms with Gasteiger partial charge in [0.1, 0.15) is 17.3 Å². The molecule has 1 atom stereocenters. The van der Waals surface area contributed by atoms with Crippen LogP contribution in [0.5, 0.6) is 11.5 Å². The van der Waals surface area contributed by atoms with Crippen LogP contribution in [-0.4, -0.2) is 53.6 Å². The van der Waals surface area contributed by atoms with Crippen LogP contribution in [0.4, 0.5) is 11.5 Å². The second-order valence-electron chi connectivity index (χ2n) is 11.9. The molecule has 7 rings (SSSR count). The van der Waals surface area contributed by atoms with Gasteiger partial charge >= 0.3 is 0 Å². The molecule has 1 amide bonds. The van der Waals surface area contributed by atoms with Crippen LogP contribution in [0.25, 0.3) is 10.9 Å². The van der Waals surface area contributed by atoms with Gasteiger partial charge in [-0.1, -0.05) is 24.3 Å². The summed E-state index contributed by atoms with van der Waals surface area (Å²) in [5.41, 5.74) is 2.99. The first kappa shape index (κ1) is 25.9. The lowest BCUT2D eigenvalue weighted by molar-refractivity contribution is -0.120. The fraction of sp³-hybridized carbons (Fsp3) is 0.364. The summed E-state index contributed by atoms with van der Waals surface area (Å²) in [5, 5.41) is 7.34. The number of rotatable bonds is 9. The fourth-order valence-corrected chi connectivity index (χ4v) is 6.10. The summed E-state index contributed by atoms with van der Waals surface area (Å²) >= 11 is 0. The number of pyridine rings is 2. The summed E-state index contributed by atoms with van der Waals surface area (Å²) < 4.78 is 11.9. The third-order valence-electron chi connectivity index (χ3n) is 8.81. The molecule has 1 saturated carbocycles. The summed E-state index contributed by atoms with van der Waals surface area (Å²) in [6, 6.07) is 21.7. The third kappa shape index (κ3) is 5.62. The first-order valence-corrected chi connectivity index (χ1v) is 14.5. The molecule has 41 heavy (non-hydrogen) atoms. The van der Waals surface area contributed by atoms with Crippen molar-refractivity contribution in [1.82, 2.24) is 14.9 Å². The maximum absolute atomic E-state index is 12.8. The Hall–Kier alpha value is -4.01. The molecule has 4 aromatic rings. The largest absolute Gasteiger partial charge is 0.455 e. The molecule has 0 radical (unpaired) electrons. The van der Waals surface area contributed by atoms with E-state index in [0.29, 0.717) is 23.5 Å². The molecule has 2 saturated heterocycles. The number of nitrogens with zero attached hydrogens (tertiary/aromatic N) is 3. The average Bonchev–Trinajstić information content (AvgIpc) is 3.50. The van der Waals surface area contributed by atoms with Crippen LogP contribution < -0.4 is 15.4 Å². The summed E-state index contributed by atoms with van der Waals surface area (Å²) in [6.45, 7) is 5.52. The van der Waals surface area contributed by atoms with E-state index in [-0.39, 0.29) is 11.3 Å². The van der Waals surface area contributed by atoms with E-state index in [4.69, 9.17) is 9.47 Å². The molecule has 8 heteroatoms. The molecule has 4 heterocycles. The van der Waals surface area contributed by atoms with Crippen molar-refractivity contribution in [3.8, 4) is 11.5 Å². The molecule has 0 bridgehead atoms. The summed E-state index contributed by atoms with van der Waals surface area (Å²) in [7, 11) is 0. The van der Waals surface area contributed by atoms with Gasteiger partial charge in [-0.05, 0) is 80.3 Å². The van der Waals surface area contributed by atoms with Crippen molar-refractivity contribution < 1.29 is 14.3 Å². The molecule has 2 aromatic heterocycles. The van der Waals surface area contributed by atoms with Gasteiger partial charge in [0.05, 0.1) is 23.7 Å². The zero-order valence-corrected chi connectivity index (χ0v) is 23.1. The number of fused-ring (bicyclic) bond motifs is 1. The van der Waals surface area contributed by atoms with Crippen LogP contribution in [-0.2, 0) is 16.1 Å². The number of anilines is 2. The van der Waals surface area contributed by atoms with Crippen LogP contribution in [0.15, 0.2) is 79.1 Å². The standard InChI is InChI=1S/C33H35N5O3/c39-31(37-25-4-2-1-3-5-25)33(11-12-33)21-36-30-9-7-26(19-35-30)41-29-10-15-34-28-18-24(6-8-27(28)29)20-38-16-13-32(22-38)14-17-40-23-32/h1-10,15,18-19H,11-14,16-17,20-23H2,(H,35,36)(H,37,39). The normalized spacial score (nSPS) is 21.3. The predicted molar refractivity (Wildman–Crippen MR) is 159 cm³/mol. The lowest BCUT2D eigenvalue weighted by Gasteiger charge is -2.22. The van der Waals surface area contributed by atoms with Gasteiger partial charge in [0.15, 0.2) is 0 Å². The Morgan fingerprint density at radius 1 is 1.00 bits per heavy atom. The number of nitrogens with one attached hydrogen (secondary N) is 2.